The summed E-state index contributed by atoms with van der Waals surface area (Å²) in [4.78, 5) is 29.1. The normalized spacial score (nSPS) is 16.9. The Kier molecular flexibility index (Phi) is 5.20. The number of amides is 2. The second kappa shape index (κ2) is 7.55. The van der Waals surface area contributed by atoms with Crippen molar-refractivity contribution in [1.29, 1.82) is 0 Å². The number of hydrogen-bond acceptors (Lipinski definition) is 5. The zero-order valence-corrected chi connectivity index (χ0v) is 14.8. The first-order valence-electron chi connectivity index (χ1n) is 8.62. The third-order valence-corrected chi connectivity index (χ3v) is 4.39. The SMILES string of the molecule is CC(C)c1noc(Cc2ccc(NC(=O)N3CCC(C(=O)O)C3)cc2)n1. The van der Waals surface area contributed by atoms with Crippen LogP contribution in [0, 0.1) is 5.92 Å². The Morgan fingerprint density at radius 2 is 2.08 bits per heavy atom. The summed E-state index contributed by atoms with van der Waals surface area (Å²) in [5, 5.41) is 15.7. The van der Waals surface area contributed by atoms with Crippen LogP contribution in [0.3, 0.4) is 0 Å². The number of likely N-dealkylation sites (tertiary alicyclic amines) is 1. The lowest BCUT2D eigenvalue weighted by atomic mass is 10.1. The summed E-state index contributed by atoms with van der Waals surface area (Å²) in [5.41, 5.74) is 1.65. The molecule has 0 bridgehead atoms. The Bertz CT molecular complexity index is 785. The van der Waals surface area contributed by atoms with E-state index in [0.717, 1.165) is 5.56 Å². The highest BCUT2D eigenvalue weighted by Gasteiger charge is 2.30. The van der Waals surface area contributed by atoms with Crippen molar-refractivity contribution in [3.8, 4) is 0 Å². The van der Waals surface area contributed by atoms with Crippen LogP contribution in [0.2, 0.25) is 0 Å². The van der Waals surface area contributed by atoms with Crippen molar-refractivity contribution in [2.75, 3.05) is 18.4 Å². The van der Waals surface area contributed by atoms with Gasteiger partial charge >= 0.3 is 12.0 Å². The highest BCUT2D eigenvalue weighted by atomic mass is 16.5. The number of hydrogen-bond donors (Lipinski definition) is 2. The summed E-state index contributed by atoms with van der Waals surface area (Å²) in [7, 11) is 0. The molecule has 1 atom stereocenters. The summed E-state index contributed by atoms with van der Waals surface area (Å²) in [5.74, 6) is 0.132. The Hall–Kier alpha value is -2.90. The zero-order chi connectivity index (χ0) is 18.7. The van der Waals surface area contributed by atoms with Gasteiger partial charge < -0.3 is 19.8 Å². The molecular formula is C18H22N4O4. The van der Waals surface area contributed by atoms with Crippen molar-refractivity contribution in [3.63, 3.8) is 0 Å². The van der Waals surface area contributed by atoms with E-state index in [1.807, 2.05) is 26.0 Å². The first-order chi connectivity index (χ1) is 12.4. The number of rotatable bonds is 5. The van der Waals surface area contributed by atoms with E-state index >= 15 is 0 Å². The number of anilines is 1. The van der Waals surface area contributed by atoms with Crippen LogP contribution in [0.1, 0.15) is 43.5 Å². The molecule has 1 aliphatic heterocycles. The van der Waals surface area contributed by atoms with E-state index in [2.05, 4.69) is 15.5 Å². The molecule has 0 saturated carbocycles. The summed E-state index contributed by atoms with van der Waals surface area (Å²) in [6.07, 6.45) is 1.02. The molecule has 3 rings (SSSR count). The maximum Gasteiger partial charge on any atom is 0.321 e. The molecular weight excluding hydrogens is 336 g/mol. The summed E-state index contributed by atoms with van der Waals surface area (Å²) >= 11 is 0. The van der Waals surface area contributed by atoms with Gasteiger partial charge in [-0.15, -0.1) is 0 Å². The van der Waals surface area contributed by atoms with Crippen molar-refractivity contribution >= 4 is 17.7 Å². The third kappa shape index (κ3) is 4.19. The molecule has 0 radical (unpaired) electrons. The first kappa shape index (κ1) is 17.9. The average molecular weight is 358 g/mol. The molecule has 1 aromatic carbocycles. The lowest BCUT2D eigenvalue weighted by Crippen LogP contribution is -2.33. The monoisotopic (exact) mass is 358 g/mol. The molecule has 138 valence electrons. The van der Waals surface area contributed by atoms with E-state index in [0.29, 0.717) is 36.8 Å². The second-order valence-corrected chi connectivity index (χ2v) is 6.77. The molecule has 1 aliphatic rings. The van der Waals surface area contributed by atoms with E-state index in [-0.39, 0.29) is 18.5 Å². The maximum atomic E-state index is 12.2. The van der Waals surface area contributed by atoms with E-state index in [1.165, 1.54) is 4.90 Å². The summed E-state index contributed by atoms with van der Waals surface area (Å²) in [6, 6.07) is 7.10. The third-order valence-electron chi connectivity index (χ3n) is 4.39. The fraction of sp³-hybridized carbons (Fsp3) is 0.444. The van der Waals surface area contributed by atoms with Crippen molar-refractivity contribution in [3.05, 3.63) is 41.5 Å². The van der Waals surface area contributed by atoms with Crippen molar-refractivity contribution < 1.29 is 19.2 Å². The average Bonchev–Trinajstić information content (AvgIpc) is 3.26. The Morgan fingerprint density at radius 1 is 1.35 bits per heavy atom. The van der Waals surface area contributed by atoms with Gasteiger partial charge in [0.1, 0.15) is 0 Å². The van der Waals surface area contributed by atoms with E-state index in [4.69, 9.17) is 9.63 Å². The number of benzene rings is 1. The number of carboxylic acid groups (broad SMARTS) is 1. The van der Waals surface area contributed by atoms with Crippen molar-refractivity contribution in [1.82, 2.24) is 15.0 Å². The molecule has 8 nitrogen and oxygen atoms in total. The number of nitrogens with one attached hydrogen (secondary N) is 1. The molecule has 2 aromatic rings. The summed E-state index contributed by atoms with van der Waals surface area (Å²) < 4.78 is 5.24. The Balaban J connectivity index is 1.55. The van der Waals surface area contributed by atoms with Crippen molar-refractivity contribution in [2.45, 2.75) is 32.6 Å². The van der Waals surface area contributed by atoms with Gasteiger partial charge in [0.05, 0.1) is 12.3 Å². The van der Waals surface area contributed by atoms with Gasteiger partial charge in [-0.1, -0.05) is 31.1 Å². The van der Waals surface area contributed by atoms with Crippen LogP contribution >= 0.6 is 0 Å². The minimum absolute atomic E-state index is 0.219. The number of nitrogens with zero attached hydrogens (tertiary/aromatic N) is 3. The second-order valence-electron chi connectivity index (χ2n) is 6.77. The van der Waals surface area contributed by atoms with E-state index < -0.39 is 11.9 Å². The van der Waals surface area contributed by atoms with Gasteiger partial charge in [0.15, 0.2) is 5.82 Å². The molecule has 2 N–H and O–H groups in total. The molecule has 1 aromatic heterocycles. The summed E-state index contributed by atoms with van der Waals surface area (Å²) in [6.45, 7) is 4.71. The highest BCUT2D eigenvalue weighted by Crippen LogP contribution is 2.19. The smallest absolute Gasteiger partial charge is 0.321 e. The molecule has 2 heterocycles. The molecule has 0 spiro atoms. The minimum atomic E-state index is -0.855. The first-order valence-corrected chi connectivity index (χ1v) is 8.62. The quantitative estimate of drug-likeness (QED) is 0.851. The van der Waals surface area contributed by atoms with Crippen LogP contribution in [-0.2, 0) is 11.2 Å². The number of carbonyl (C=O) groups is 2. The zero-order valence-electron chi connectivity index (χ0n) is 14.8. The topological polar surface area (TPSA) is 109 Å². The lowest BCUT2D eigenvalue weighted by molar-refractivity contribution is -0.141. The van der Waals surface area contributed by atoms with Gasteiger partial charge in [0.25, 0.3) is 0 Å². The van der Waals surface area contributed by atoms with Gasteiger partial charge in [0.2, 0.25) is 5.89 Å². The van der Waals surface area contributed by atoms with Crippen LogP contribution in [0.25, 0.3) is 0 Å². The standard InChI is InChI=1S/C18H22N4O4/c1-11(2)16-20-15(26-21-16)9-12-3-5-14(6-4-12)19-18(25)22-8-7-13(10-22)17(23)24/h3-6,11,13H,7-10H2,1-2H3,(H,19,25)(H,23,24). The molecule has 0 aliphatic carbocycles. The molecule has 1 fully saturated rings. The van der Waals surface area contributed by atoms with Crippen LogP contribution < -0.4 is 5.32 Å². The van der Waals surface area contributed by atoms with Crippen molar-refractivity contribution in [2.24, 2.45) is 5.92 Å². The van der Waals surface area contributed by atoms with Gasteiger partial charge in [-0.2, -0.15) is 4.98 Å². The number of carboxylic acids is 1. The van der Waals surface area contributed by atoms with Crippen LogP contribution in [0.5, 0.6) is 0 Å². The lowest BCUT2D eigenvalue weighted by Gasteiger charge is -2.16. The minimum Gasteiger partial charge on any atom is -0.481 e. The molecule has 26 heavy (non-hydrogen) atoms. The Labute approximate surface area is 151 Å². The molecule has 1 unspecified atom stereocenters. The number of aromatic nitrogens is 2. The predicted octanol–water partition coefficient (Wildman–Crippen LogP) is 2.72. The van der Waals surface area contributed by atoms with E-state index in [1.54, 1.807) is 12.1 Å². The largest absolute Gasteiger partial charge is 0.481 e. The fourth-order valence-electron chi connectivity index (χ4n) is 2.80. The van der Waals surface area contributed by atoms with Crippen LogP contribution in [0.4, 0.5) is 10.5 Å². The number of carbonyl (C=O) groups excluding carboxylic acids is 1. The fourth-order valence-corrected chi connectivity index (χ4v) is 2.80. The van der Waals surface area contributed by atoms with Gasteiger partial charge in [-0.3, -0.25) is 4.79 Å². The molecule has 2 amide bonds. The van der Waals surface area contributed by atoms with Crippen LogP contribution in [0.15, 0.2) is 28.8 Å². The number of aliphatic carboxylic acids is 1. The van der Waals surface area contributed by atoms with Gasteiger partial charge in [-0.25, -0.2) is 4.79 Å². The van der Waals surface area contributed by atoms with E-state index in [9.17, 15) is 9.59 Å². The van der Waals surface area contributed by atoms with Gasteiger partial charge in [-0.05, 0) is 24.1 Å². The predicted molar refractivity (Wildman–Crippen MR) is 94.0 cm³/mol. The van der Waals surface area contributed by atoms with Gasteiger partial charge in [0, 0.05) is 24.7 Å². The maximum absolute atomic E-state index is 12.2. The van der Waals surface area contributed by atoms with Crippen LogP contribution in [-0.4, -0.2) is 45.2 Å². The number of urea groups is 1. The Morgan fingerprint density at radius 3 is 2.65 bits per heavy atom. The molecule has 1 saturated heterocycles. The highest BCUT2D eigenvalue weighted by molar-refractivity contribution is 5.90. The molecule has 8 heteroatoms.